The van der Waals surface area contributed by atoms with E-state index in [9.17, 15) is 4.79 Å². The average molecular weight is 214 g/mol. The van der Waals surface area contributed by atoms with Crippen molar-refractivity contribution in [1.29, 1.82) is 0 Å². The van der Waals surface area contributed by atoms with Crippen LogP contribution in [0.4, 0.5) is 0 Å². The first kappa shape index (κ1) is 10.9. The molecule has 2 fully saturated rings. The zero-order chi connectivity index (χ0) is 10.7. The van der Waals surface area contributed by atoms with Crippen LogP contribution in [-0.2, 0) is 14.3 Å². The van der Waals surface area contributed by atoms with Crippen LogP contribution < -0.4 is 5.32 Å². The molecule has 5 heteroatoms. The molecular weight excluding hydrogens is 196 g/mol. The second kappa shape index (κ2) is 4.92. The zero-order valence-corrected chi connectivity index (χ0v) is 9.07. The molecule has 15 heavy (non-hydrogen) atoms. The van der Waals surface area contributed by atoms with Crippen LogP contribution >= 0.6 is 0 Å². The molecule has 1 amide bonds. The summed E-state index contributed by atoms with van der Waals surface area (Å²) >= 11 is 0. The third-order valence-corrected chi connectivity index (χ3v) is 2.97. The van der Waals surface area contributed by atoms with E-state index in [2.05, 4.69) is 5.32 Å². The molecule has 0 aromatic rings. The van der Waals surface area contributed by atoms with Gasteiger partial charge in [0.15, 0.2) is 0 Å². The third-order valence-electron chi connectivity index (χ3n) is 2.97. The summed E-state index contributed by atoms with van der Waals surface area (Å²) in [5.74, 6) is 0.130. The SMILES string of the molecule is CNC1COCCN(CC2CCO2)C1=O. The Kier molecular flexibility index (Phi) is 3.56. The van der Waals surface area contributed by atoms with Crippen LogP contribution in [0.2, 0.25) is 0 Å². The number of carbonyl (C=O) groups excluding carboxylic acids is 1. The van der Waals surface area contributed by atoms with Gasteiger partial charge in [-0.15, -0.1) is 0 Å². The van der Waals surface area contributed by atoms with Crippen LogP contribution in [0, 0.1) is 0 Å². The van der Waals surface area contributed by atoms with Gasteiger partial charge in [0.1, 0.15) is 6.04 Å². The number of hydrogen-bond donors (Lipinski definition) is 1. The highest BCUT2D eigenvalue weighted by atomic mass is 16.5. The normalized spacial score (nSPS) is 32.3. The highest BCUT2D eigenvalue weighted by Crippen LogP contribution is 2.14. The number of nitrogens with zero attached hydrogens (tertiary/aromatic N) is 1. The van der Waals surface area contributed by atoms with E-state index >= 15 is 0 Å². The van der Waals surface area contributed by atoms with Crippen LogP contribution in [-0.4, -0.2) is 62.9 Å². The fraction of sp³-hybridized carbons (Fsp3) is 0.900. The van der Waals surface area contributed by atoms with Gasteiger partial charge < -0.3 is 19.7 Å². The van der Waals surface area contributed by atoms with E-state index in [-0.39, 0.29) is 18.1 Å². The Morgan fingerprint density at radius 2 is 2.33 bits per heavy atom. The Labute approximate surface area is 89.7 Å². The molecule has 2 saturated heterocycles. The molecule has 0 aromatic carbocycles. The van der Waals surface area contributed by atoms with E-state index < -0.39 is 0 Å². The molecular formula is C10H18N2O3. The van der Waals surface area contributed by atoms with Gasteiger partial charge in [-0.1, -0.05) is 0 Å². The summed E-state index contributed by atoms with van der Waals surface area (Å²) in [5, 5.41) is 2.98. The van der Waals surface area contributed by atoms with Gasteiger partial charge in [-0.25, -0.2) is 0 Å². The number of nitrogens with one attached hydrogen (secondary N) is 1. The van der Waals surface area contributed by atoms with Crippen molar-refractivity contribution in [3.05, 3.63) is 0 Å². The largest absolute Gasteiger partial charge is 0.377 e. The van der Waals surface area contributed by atoms with Gasteiger partial charge in [0, 0.05) is 19.7 Å². The third kappa shape index (κ3) is 2.48. The van der Waals surface area contributed by atoms with Crippen LogP contribution in [0.1, 0.15) is 6.42 Å². The van der Waals surface area contributed by atoms with Gasteiger partial charge >= 0.3 is 0 Å². The fourth-order valence-corrected chi connectivity index (χ4v) is 1.84. The van der Waals surface area contributed by atoms with Crippen LogP contribution in [0.15, 0.2) is 0 Å². The van der Waals surface area contributed by atoms with E-state index in [1.165, 1.54) is 0 Å². The fourth-order valence-electron chi connectivity index (χ4n) is 1.84. The first-order valence-electron chi connectivity index (χ1n) is 5.46. The molecule has 0 spiro atoms. The number of hydrogen-bond acceptors (Lipinski definition) is 4. The first-order chi connectivity index (χ1) is 7.31. The van der Waals surface area contributed by atoms with Gasteiger partial charge in [-0.2, -0.15) is 0 Å². The highest BCUT2D eigenvalue weighted by molar-refractivity contribution is 5.82. The number of carbonyl (C=O) groups is 1. The monoisotopic (exact) mass is 214 g/mol. The highest BCUT2D eigenvalue weighted by Gasteiger charge is 2.30. The molecule has 1 N–H and O–H groups in total. The molecule has 0 radical (unpaired) electrons. The van der Waals surface area contributed by atoms with E-state index in [0.717, 1.165) is 13.0 Å². The van der Waals surface area contributed by atoms with E-state index in [0.29, 0.717) is 26.3 Å². The number of ether oxygens (including phenoxy) is 2. The van der Waals surface area contributed by atoms with Gasteiger partial charge in [0.05, 0.1) is 19.3 Å². The Morgan fingerprint density at radius 1 is 1.53 bits per heavy atom. The maximum absolute atomic E-state index is 12.0. The predicted octanol–water partition coefficient (Wildman–Crippen LogP) is -0.778. The number of rotatable bonds is 3. The Balaban J connectivity index is 1.91. The van der Waals surface area contributed by atoms with Gasteiger partial charge in [-0.05, 0) is 13.5 Å². The molecule has 86 valence electrons. The van der Waals surface area contributed by atoms with Crippen molar-refractivity contribution in [3.63, 3.8) is 0 Å². The lowest BCUT2D eigenvalue weighted by Crippen LogP contribution is -2.50. The van der Waals surface area contributed by atoms with Crippen molar-refractivity contribution < 1.29 is 14.3 Å². The second-order valence-electron chi connectivity index (χ2n) is 3.98. The summed E-state index contributed by atoms with van der Waals surface area (Å²) in [6.07, 6.45) is 1.30. The minimum Gasteiger partial charge on any atom is -0.377 e. The summed E-state index contributed by atoms with van der Waals surface area (Å²) in [4.78, 5) is 13.8. The van der Waals surface area contributed by atoms with Crippen LogP contribution in [0.3, 0.4) is 0 Å². The molecule has 0 aliphatic carbocycles. The van der Waals surface area contributed by atoms with Crippen molar-refractivity contribution in [1.82, 2.24) is 10.2 Å². The van der Waals surface area contributed by atoms with E-state index in [1.807, 2.05) is 4.90 Å². The lowest BCUT2D eigenvalue weighted by Gasteiger charge is -2.32. The molecule has 0 aromatic heterocycles. The maximum atomic E-state index is 12.0. The number of likely N-dealkylation sites (N-methyl/N-ethyl adjacent to an activating group) is 1. The smallest absolute Gasteiger partial charge is 0.242 e. The quantitative estimate of drug-likeness (QED) is 0.670. The summed E-state index contributed by atoms with van der Waals surface area (Å²) < 4.78 is 10.7. The summed E-state index contributed by atoms with van der Waals surface area (Å²) in [5.41, 5.74) is 0. The molecule has 2 atom stereocenters. The number of amides is 1. The molecule has 2 unspecified atom stereocenters. The Morgan fingerprint density at radius 3 is 2.93 bits per heavy atom. The van der Waals surface area contributed by atoms with Crippen molar-refractivity contribution in [2.24, 2.45) is 0 Å². The minimum absolute atomic E-state index is 0.130. The molecule has 0 saturated carbocycles. The Bertz CT molecular complexity index is 231. The summed E-state index contributed by atoms with van der Waals surface area (Å²) in [7, 11) is 1.79. The molecule has 2 rings (SSSR count). The standard InChI is InChI=1S/C10H18N2O3/c1-11-9-7-14-5-3-12(10(9)13)6-8-2-4-15-8/h8-9,11H,2-7H2,1H3. The maximum Gasteiger partial charge on any atom is 0.242 e. The summed E-state index contributed by atoms with van der Waals surface area (Å²) in [6, 6.07) is -0.201. The van der Waals surface area contributed by atoms with Gasteiger partial charge in [-0.3, -0.25) is 4.79 Å². The van der Waals surface area contributed by atoms with Crippen LogP contribution in [0.5, 0.6) is 0 Å². The molecule has 2 aliphatic heterocycles. The minimum atomic E-state index is -0.201. The predicted molar refractivity (Wildman–Crippen MR) is 54.6 cm³/mol. The van der Waals surface area contributed by atoms with E-state index in [1.54, 1.807) is 7.05 Å². The average Bonchev–Trinajstić information content (AvgIpc) is 2.35. The van der Waals surface area contributed by atoms with Crippen molar-refractivity contribution in [3.8, 4) is 0 Å². The summed E-state index contributed by atoms with van der Waals surface area (Å²) in [6.45, 7) is 3.31. The van der Waals surface area contributed by atoms with Crippen LogP contribution in [0.25, 0.3) is 0 Å². The molecule has 2 aliphatic rings. The van der Waals surface area contributed by atoms with Crippen molar-refractivity contribution in [2.75, 3.05) is 40.0 Å². The van der Waals surface area contributed by atoms with E-state index in [4.69, 9.17) is 9.47 Å². The first-order valence-corrected chi connectivity index (χ1v) is 5.46. The second-order valence-corrected chi connectivity index (χ2v) is 3.98. The zero-order valence-electron chi connectivity index (χ0n) is 9.07. The Hall–Kier alpha value is -0.650. The molecule has 2 heterocycles. The molecule has 0 bridgehead atoms. The topological polar surface area (TPSA) is 50.8 Å². The van der Waals surface area contributed by atoms with Gasteiger partial charge in [0.2, 0.25) is 5.91 Å². The van der Waals surface area contributed by atoms with Gasteiger partial charge in [0.25, 0.3) is 0 Å². The lowest BCUT2D eigenvalue weighted by atomic mass is 10.1. The lowest BCUT2D eigenvalue weighted by molar-refractivity contribution is -0.137. The molecule has 5 nitrogen and oxygen atoms in total. The van der Waals surface area contributed by atoms with Crippen molar-refractivity contribution in [2.45, 2.75) is 18.6 Å². The van der Waals surface area contributed by atoms with Crippen molar-refractivity contribution >= 4 is 5.91 Å².